The normalized spacial score (nSPS) is 12.3. The Hall–Kier alpha value is -2.09. The number of hydrogen-bond acceptors (Lipinski definition) is 5. The van der Waals surface area contributed by atoms with E-state index in [0.717, 1.165) is 14.9 Å². The van der Waals surface area contributed by atoms with E-state index in [1.54, 1.807) is 6.20 Å². The number of thiazole rings is 1. The van der Waals surface area contributed by atoms with Crippen LogP contribution in [0, 0.1) is 0 Å². The maximum Gasteiger partial charge on any atom is 0.413 e. The van der Waals surface area contributed by atoms with Gasteiger partial charge in [0.1, 0.15) is 11.4 Å². The van der Waals surface area contributed by atoms with Crippen molar-refractivity contribution in [3.05, 3.63) is 74.7 Å². The standard InChI is InChI=1S/C21H20BrClN2O3S/c1-21(2,3)28-20(26)25-19-24-12-17(29-19)18(13-4-8-15(23)9-5-13)27-16-10-6-14(22)7-11-16/h4-12,18H,1-3H3,(H,24,25,26). The molecule has 1 aromatic heterocycles. The molecule has 1 unspecified atom stereocenters. The Balaban J connectivity index is 1.84. The molecule has 8 heteroatoms. The molecular weight excluding hydrogens is 476 g/mol. The van der Waals surface area contributed by atoms with Crippen LogP contribution in [0.3, 0.4) is 0 Å². The summed E-state index contributed by atoms with van der Waals surface area (Å²) >= 11 is 10.8. The molecule has 0 aliphatic carbocycles. The predicted molar refractivity (Wildman–Crippen MR) is 120 cm³/mol. The molecule has 1 amide bonds. The molecule has 3 aromatic rings. The quantitative estimate of drug-likeness (QED) is 0.411. The van der Waals surface area contributed by atoms with E-state index in [4.69, 9.17) is 21.1 Å². The minimum absolute atomic E-state index is 0.403. The number of hydrogen-bond donors (Lipinski definition) is 1. The molecule has 0 radical (unpaired) electrons. The zero-order valence-corrected chi connectivity index (χ0v) is 19.3. The maximum absolute atomic E-state index is 12.0. The van der Waals surface area contributed by atoms with E-state index in [0.29, 0.717) is 15.9 Å². The number of carbonyl (C=O) groups is 1. The van der Waals surface area contributed by atoms with E-state index in [9.17, 15) is 4.79 Å². The van der Waals surface area contributed by atoms with Crippen molar-refractivity contribution < 1.29 is 14.3 Å². The monoisotopic (exact) mass is 494 g/mol. The lowest BCUT2D eigenvalue weighted by Crippen LogP contribution is -2.27. The number of amides is 1. The lowest BCUT2D eigenvalue weighted by atomic mass is 10.1. The summed E-state index contributed by atoms with van der Waals surface area (Å²) in [6.45, 7) is 5.42. The van der Waals surface area contributed by atoms with Crippen LogP contribution in [0.1, 0.15) is 37.3 Å². The van der Waals surface area contributed by atoms with Crippen molar-refractivity contribution in [1.29, 1.82) is 0 Å². The second-order valence-electron chi connectivity index (χ2n) is 7.20. The minimum atomic E-state index is -0.583. The molecule has 0 saturated carbocycles. The molecule has 152 valence electrons. The molecule has 0 aliphatic heterocycles. The van der Waals surface area contributed by atoms with Crippen molar-refractivity contribution in [1.82, 2.24) is 4.98 Å². The summed E-state index contributed by atoms with van der Waals surface area (Å²) in [7, 11) is 0. The SMILES string of the molecule is CC(C)(C)OC(=O)Nc1ncc(C(Oc2ccc(Br)cc2)c2ccc(Cl)cc2)s1. The van der Waals surface area contributed by atoms with Crippen LogP contribution < -0.4 is 10.1 Å². The van der Waals surface area contributed by atoms with Gasteiger partial charge in [0.2, 0.25) is 0 Å². The Morgan fingerprint density at radius 3 is 2.41 bits per heavy atom. The Morgan fingerprint density at radius 1 is 1.14 bits per heavy atom. The van der Waals surface area contributed by atoms with Gasteiger partial charge < -0.3 is 9.47 Å². The predicted octanol–water partition coefficient (Wildman–Crippen LogP) is 7.07. The van der Waals surface area contributed by atoms with Gasteiger partial charge in [-0.25, -0.2) is 9.78 Å². The van der Waals surface area contributed by atoms with Gasteiger partial charge in [-0.3, -0.25) is 5.32 Å². The molecule has 1 atom stereocenters. The van der Waals surface area contributed by atoms with Crippen molar-refractivity contribution in [2.24, 2.45) is 0 Å². The third-order valence-corrected chi connectivity index (χ3v) is 5.37. The van der Waals surface area contributed by atoms with Crippen molar-refractivity contribution >= 4 is 50.1 Å². The van der Waals surface area contributed by atoms with E-state index in [-0.39, 0.29) is 0 Å². The highest BCUT2D eigenvalue weighted by molar-refractivity contribution is 9.10. The number of nitrogens with one attached hydrogen (secondary N) is 1. The second kappa shape index (κ2) is 9.15. The van der Waals surface area contributed by atoms with Crippen molar-refractivity contribution in [2.75, 3.05) is 5.32 Å². The Labute approximate surface area is 187 Å². The molecule has 3 rings (SSSR count). The van der Waals surface area contributed by atoms with Crippen LogP contribution in [0.15, 0.2) is 59.2 Å². The summed E-state index contributed by atoms with van der Waals surface area (Å²) in [6, 6.07) is 15.0. The molecule has 0 fully saturated rings. The van der Waals surface area contributed by atoms with E-state index >= 15 is 0 Å². The fourth-order valence-electron chi connectivity index (χ4n) is 2.43. The molecule has 0 spiro atoms. The summed E-state index contributed by atoms with van der Waals surface area (Å²) in [4.78, 5) is 17.2. The Morgan fingerprint density at radius 2 is 1.79 bits per heavy atom. The Bertz CT molecular complexity index is 969. The van der Waals surface area contributed by atoms with E-state index < -0.39 is 17.8 Å². The van der Waals surface area contributed by atoms with Crippen LogP contribution >= 0.6 is 38.9 Å². The van der Waals surface area contributed by atoms with Crippen molar-refractivity contribution in [3.8, 4) is 5.75 Å². The summed E-state index contributed by atoms with van der Waals surface area (Å²) in [5, 5.41) is 3.75. The van der Waals surface area contributed by atoms with Gasteiger partial charge in [0.25, 0.3) is 0 Å². The van der Waals surface area contributed by atoms with Gasteiger partial charge in [-0.2, -0.15) is 0 Å². The fourth-order valence-corrected chi connectivity index (χ4v) is 3.68. The molecule has 29 heavy (non-hydrogen) atoms. The number of rotatable bonds is 5. The second-order valence-corrected chi connectivity index (χ2v) is 9.61. The molecule has 1 N–H and O–H groups in total. The van der Waals surface area contributed by atoms with Crippen LogP contribution in [0.5, 0.6) is 5.75 Å². The fraction of sp³-hybridized carbons (Fsp3) is 0.238. The first-order valence-electron chi connectivity index (χ1n) is 8.83. The summed E-state index contributed by atoms with van der Waals surface area (Å²) in [5.74, 6) is 0.711. The number of nitrogens with zero attached hydrogens (tertiary/aromatic N) is 1. The number of ether oxygens (including phenoxy) is 2. The number of aromatic nitrogens is 1. The molecule has 0 bridgehead atoms. The first-order chi connectivity index (χ1) is 13.7. The summed E-state index contributed by atoms with van der Waals surface area (Å²) < 4.78 is 12.5. The third kappa shape index (κ3) is 6.45. The lowest BCUT2D eigenvalue weighted by molar-refractivity contribution is 0.0636. The summed E-state index contributed by atoms with van der Waals surface area (Å²) in [5.41, 5.74) is 0.338. The maximum atomic E-state index is 12.0. The van der Waals surface area contributed by atoms with Gasteiger partial charge in [-0.05, 0) is 62.7 Å². The largest absolute Gasteiger partial charge is 0.480 e. The first kappa shape index (κ1) is 21.6. The highest BCUT2D eigenvalue weighted by Gasteiger charge is 2.22. The topological polar surface area (TPSA) is 60.5 Å². The van der Waals surface area contributed by atoms with Crippen LogP contribution in [0.2, 0.25) is 5.02 Å². The third-order valence-electron chi connectivity index (χ3n) is 3.63. The highest BCUT2D eigenvalue weighted by atomic mass is 79.9. The Kier molecular flexibility index (Phi) is 6.82. The van der Waals surface area contributed by atoms with Crippen LogP contribution in [-0.4, -0.2) is 16.7 Å². The molecule has 2 aromatic carbocycles. The van der Waals surface area contributed by atoms with Gasteiger partial charge in [-0.1, -0.05) is 51.0 Å². The molecular formula is C21H20BrClN2O3S. The van der Waals surface area contributed by atoms with Crippen LogP contribution in [-0.2, 0) is 4.74 Å². The van der Waals surface area contributed by atoms with Crippen LogP contribution in [0.25, 0.3) is 0 Å². The average molecular weight is 496 g/mol. The van der Waals surface area contributed by atoms with Gasteiger partial charge in [0, 0.05) is 15.7 Å². The smallest absolute Gasteiger partial charge is 0.413 e. The first-order valence-corrected chi connectivity index (χ1v) is 10.8. The molecule has 5 nitrogen and oxygen atoms in total. The van der Waals surface area contributed by atoms with Gasteiger partial charge in [-0.15, -0.1) is 0 Å². The van der Waals surface area contributed by atoms with Gasteiger partial charge >= 0.3 is 6.09 Å². The zero-order chi connectivity index (χ0) is 21.0. The van der Waals surface area contributed by atoms with E-state index in [1.807, 2.05) is 69.3 Å². The van der Waals surface area contributed by atoms with Crippen LogP contribution in [0.4, 0.5) is 9.93 Å². The highest BCUT2D eigenvalue weighted by Crippen LogP contribution is 2.34. The number of benzene rings is 2. The minimum Gasteiger partial charge on any atom is -0.480 e. The summed E-state index contributed by atoms with van der Waals surface area (Å²) in [6.07, 6.45) is 0.741. The average Bonchev–Trinajstić information content (AvgIpc) is 3.08. The van der Waals surface area contributed by atoms with Crippen molar-refractivity contribution in [3.63, 3.8) is 0 Å². The zero-order valence-electron chi connectivity index (χ0n) is 16.1. The van der Waals surface area contributed by atoms with E-state index in [2.05, 4.69) is 26.2 Å². The number of halogens is 2. The van der Waals surface area contributed by atoms with E-state index in [1.165, 1.54) is 11.3 Å². The molecule has 1 heterocycles. The number of anilines is 1. The number of carbonyl (C=O) groups excluding carboxylic acids is 1. The van der Waals surface area contributed by atoms with Gasteiger partial charge in [0.15, 0.2) is 11.2 Å². The van der Waals surface area contributed by atoms with Gasteiger partial charge in [0.05, 0.1) is 4.88 Å². The molecule has 0 saturated heterocycles. The lowest BCUT2D eigenvalue weighted by Gasteiger charge is -2.19. The molecule has 0 aliphatic rings. The van der Waals surface area contributed by atoms with Crippen molar-refractivity contribution in [2.45, 2.75) is 32.5 Å².